The van der Waals surface area contributed by atoms with Gasteiger partial charge in [-0.25, -0.2) is 0 Å². The molecule has 1 fully saturated rings. The number of carbonyl (C=O) groups excluding carboxylic acids is 2. The number of amides is 1. The van der Waals surface area contributed by atoms with Gasteiger partial charge in [0.25, 0.3) is 5.91 Å². The number of esters is 1. The molecule has 1 atom stereocenters. The first-order valence-electron chi connectivity index (χ1n) is 9.85. The fourth-order valence-corrected chi connectivity index (χ4v) is 3.59. The summed E-state index contributed by atoms with van der Waals surface area (Å²) in [6.45, 7) is 0. The van der Waals surface area contributed by atoms with E-state index < -0.39 is 6.10 Å². The Morgan fingerprint density at radius 3 is 2.36 bits per heavy atom. The van der Waals surface area contributed by atoms with Crippen LogP contribution < -0.4 is 10.1 Å². The zero-order chi connectivity index (χ0) is 19.8. The standard InChI is InChI=1S/C23H27NO4/c1-27-20-14-12-19(13-15-20)24-23(26)22(18-9-3-2-4-10-18)28-21(25)16-11-17-7-5-6-8-17/h2-4,9-10,12-15,17,22H,5-8,11,16H2,1H3,(H,24,26)/t22-/m1/s1. The molecule has 1 aliphatic carbocycles. The highest BCUT2D eigenvalue weighted by atomic mass is 16.5. The van der Waals surface area contributed by atoms with E-state index in [0.717, 1.165) is 6.42 Å². The van der Waals surface area contributed by atoms with Gasteiger partial charge in [0.15, 0.2) is 0 Å². The maximum Gasteiger partial charge on any atom is 0.306 e. The molecular weight excluding hydrogens is 354 g/mol. The summed E-state index contributed by atoms with van der Waals surface area (Å²) in [7, 11) is 1.59. The van der Waals surface area contributed by atoms with Crippen molar-refractivity contribution in [2.45, 2.75) is 44.6 Å². The molecule has 28 heavy (non-hydrogen) atoms. The Bertz CT molecular complexity index is 767. The predicted octanol–water partition coefficient (Wildman–Crippen LogP) is 4.89. The summed E-state index contributed by atoms with van der Waals surface area (Å²) >= 11 is 0. The highest BCUT2D eigenvalue weighted by Crippen LogP contribution is 2.29. The third-order valence-corrected chi connectivity index (χ3v) is 5.18. The first-order chi connectivity index (χ1) is 13.7. The summed E-state index contributed by atoms with van der Waals surface area (Å²) in [5.41, 5.74) is 1.27. The lowest BCUT2D eigenvalue weighted by Gasteiger charge is -2.19. The van der Waals surface area contributed by atoms with Gasteiger partial charge in [0.2, 0.25) is 6.10 Å². The minimum absolute atomic E-state index is 0.328. The molecule has 0 saturated heterocycles. The Hall–Kier alpha value is -2.82. The molecule has 1 amide bonds. The average Bonchev–Trinajstić information content (AvgIpc) is 3.25. The van der Waals surface area contributed by atoms with E-state index in [9.17, 15) is 9.59 Å². The smallest absolute Gasteiger partial charge is 0.306 e. The van der Waals surface area contributed by atoms with Crippen LogP contribution in [-0.2, 0) is 14.3 Å². The van der Waals surface area contributed by atoms with Crippen LogP contribution >= 0.6 is 0 Å². The number of carbonyl (C=O) groups is 2. The van der Waals surface area contributed by atoms with Crippen molar-refractivity contribution in [2.24, 2.45) is 5.92 Å². The molecule has 5 heteroatoms. The van der Waals surface area contributed by atoms with Gasteiger partial charge in [-0.15, -0.1) is 0 Å². The number of ether oxygens (including phenoxy) is 2. The van der Waals surface area contributed by atoms with Crippen LogP contribution in [0.5, 0.6) is 5.75 Å². The molecule has 0 unspecified atom stereocenters. The number of methoxy groups -OCH3 is 1. The molecule has 1 saturated carbocycles. The maximum absolute atomic E-state index is 12.8. The molecule has 1 N–H and O–H groups in total. The van der Waals surface area contributed by atoms with Gasteiger partial charge in [0, 0.05) is 17.7 Å². The summed E-state index contributed by atoms with van der Waals surface area (Å²) in [4.78, 5) is 25.2. The van der Waals surface area contributed by atoms with Crippen LogP contribution in [0.1, 0.15) is 50.2 Å². The van der Waals surface area contributed by atoms with Gasteiger partial charge in [0.05, 0.1) is 7.11 Å². The molecule has 1 aliphatic rings. The van der Waals surface area contributed by atoms with Crippen LogP contribution in [0, 0.1) is 5.92 Å². The highest BCUT2D eigenvalue weighted by Gasteiger charge is 2.26. The second-order valence-electron chi connectivity index (χ2n) is 7.19. The molecule has 5 nitrogen and oxygen atoms in total. The van der Waals surface area contributed by atoms with Crippen molar-refractivity contribution in [3.05, 3.63) is 60.2 Å². The second-order valence-corrected chi connectivity index (χ2v) is 7.19. The lowest BCUT2D eigenvalue weighted by Crippen LogP contribution is -2.26. The SMILES string of the molecule is COc1ccc(NC(=O)[C@H](OC(=O)CCC2CCCC2)c2ccccc2)cc1. The van der Waals surface area contributed by atoms with Gasteiger partial charge in [-0.3, -0.25) is 9.59 Å². The van der Waals surface area contributed by atoms with E-state index in [4.69, 9.17) is 9.47 Å². The molecule has 0 aromatic heterocycles. The van der Waals surface area contributed by atoms with E-state index in [1.807, 2.05) is 18.2 Å². The van der Waals surface area contributed by atoms with Gasteiger partial charge in [-0.05, 0) is 36.6 Å². The van der Waals surface area contributed by atoms with E-state index in [-0.39, 0.29) is 11.9 Å². The molecule has 0 spiro atoms. The van der Waals surface area contributed by atoms with Gasteiger partial charge < -0.3 is 14.8 Å². The second kappa shape index (κ2) is 9.93. The number of hydrogen-bond donors (Lipinski definition) is 1. The molecule has 3 rings (SSSR count). The lowest BCUT2D eigenvalue weighted by atomic mass is 10.0. The van der Waals surface area contributed by atoms with E-state index in [0.29, 0.717) is 29.3 Å². The normalized spacial score (nSPS) is 15.0. The molecule has 0 radical (unpaired) electrons. The molecule has 148 valence electrons. The van der Waals surface area contributed by atoms with E-state index in [1.54, 1.807) is 43.5 Å². The quantitative estimate of drug-likeness (QED) is 0.661. The third kappa shape index (κ3) is 5.59. The number of anilines is 1. The topological polar surface area (TPSA) is 64.6 Å². The summed E-state index contributed by atoms with van der Waals surface area (Å²) in [6.07, 6.45) is 5.08. The number of nitrogens with one attached hydrogen (secondary N) is 1. The van der Waals surface area contributed by atoms with E-state index >= 15 is 0 Å². The summed E-state index contributed by atoms with van der Waals surface area (Å²) in [6, 6.07) is 16.1. The van der Waals surface area contributed by atoms with E-state index in [1.165, 1.54) is 25.7 Å². The van der Waals surface area contributed by atoms with Crippen molar-refractivity contribution < 1.29 is 19.1 Å². The molecule has 2 aromatic carbocycles. The maximum atomic E-state index is 12.8. The van der Waals surface area contributed by atoms with Crippen molar-refractivity contribution >= 4 is 17.6 Å². The van der Waals surface area contributed by atoms with E-state index in [2.05, 4.69) is 5.32 Å². The Kier molecular flexibility index (Phi) is 7.06. The summed E-state index contributed by atoms with van der Waals surface area (Å²) in [5, 5.41) is 2.82. The zero-order valence-electron chi connectivity index (χ0n) is 16.2. The fraction of sp³-hybridized carbons (Fsp3) is 0.391. The lowest BCUT2D eigenvalue weighted by molar-refractivity contribution is -0.155. The molecule has 0 aliphatic heterocycles. The minimum atomic E-state index is -0.973. The van der Waals surface area contributed by atoms with Crippen molar-refractivity contribution in [2.75, 3.05) is 12.4 Å². The zero-order valence-corrected chi connectivity index (χ0v) is 16.2. The average molecular weight is 381 g/mol. The largest absolute Gasteiger partial charge is 0.497 e. The number of hydrogen-bond acceptors (Lipinski definition) is 4. The molecule has 0 bridgehead atoms. The molecular formula is C23H27NO4. The predicted molar refractivity (Wildman–Crippen MR) is 108 cm³/mol. The Balaban J connectivity index is 1.65. The van der Waals surface area contributed by atoms with Crippen LogP contribution in [0.3, 0.4) is 0 Å². The third-order valence-electron chi connectivity index (χ3n) is 5.18. The number of rotatable bonds is 8. The first kappa shape index (κ1) is 19.9. The van der Waals surface area contributed by atoms with Crippen molar-refractivity contribution in [1.29, 1.82) is 0 Å². The number of benzene rings is 2. The van der Waals surface area contributed by atoms with Crippen molar-refractivity contribution in [1.82, 2.24) is 0 Å². The van der Waals surface area contributed by atoms with Crippen LogP contribution in [0.2, 0.25) is 0 Å². The highest BCUT2D eigenvalue weighted by molar-refractivity contribution is 5.96. The van der Waals surface area contributed by atoms with Crippen LogP contribution in [-0.4, -0.2) is 19.0 Å². The van der Waals surface area contributed by atoms with Crippen LogP contribution in [0.25, 0.3) is 0 Å². The fourth-order valence-electron chi connectivity index (χ4n) is 3.59. The molecule has 0 heterocycles. The van der Waals surface area contributed by atoms with Crippen LogP contribution in [0.4, 0.5) is 5.69 Å². The van der Waals surface area contributed by atoms with Crippen LogP contribution in [0.15, 0.2) is 54.6 Å². The van der Waals surface area contributed by atoms with Gasteiger partial charge in [0.1, 0.15) is 5.75 Å². The summed E-state index contributed by atoms with van der Waals surface area (Å²) in [5.74, 6) is 0.614. The minimum Gasteiger partial charge on any atom is -0.497 e. The first-order valence-corrected chi connectivity index (χ1v) is 9.85. The molecule has 2 aromatic rings. The van der Waals surface area contributed by atoms with Crippen molar-refractivity contribution in [3.63, 3.8) is 0 Å². The van der Waals surface area contributed by atoms with Gasteiger partial charge in [-0.1, -0.05) is 56.0 Å². The summed E-state index contributed by atoms with van der Waals surface area (Å²) < 4.78 is 10.7. The monoisotopic (exact) mass is 381 g/mol. The Morgan fingerprint density at radius 1 is 1.04 bits per heavy atom. The Morgan fingerprint density at radius 2 is 1.71 bits per heavy atom. The van der Waals surface area contributed by atoms with Gasteiger partial charge >= 0.3 is 5.97 Å². The van der Waals surface area contributed by atoms with Crippen molar-refractivity contribution in [3.8, 4) is 5.75 Å². The Labute approximate surface area is 166 Å². The van der Waals surface area contributed by atoms with Gasteiger partial charge in [-0.2, -0.15) is 0 Å².